The van der Waals surface area contributed by atoms with E-state index in [9.17, 15) is 8.78 Å². The Balaban J connectivity index is 1.51. The number of hydrogen-bond donors (Lipinski definition) is 4. The number of nitrogens with zero attached hydrogens (tertiary/aromatic N) is 3. The van der Waals surface area contributed by atoms with Crippen molar-refractivity contribution >= 4 is 23.4 Å². The lowest BCUT2D eigenvalue weighted by atomic mass is 10.1. The first-order valence-electron chi connectivity index (χ1n) is 8.70. The number of nitrogens with one attached hydrogen (secondary N) is 3. The molecule has 0 aliphatic carbocycles. The molecule has 3 heterocycles. The Morgan fingerprint density at radius 3 is 2.66 bits per heavy atom. The molecule has 1 aromatic carbocycles. The van der Waals surface area contributed by atoms with Crippen LogP contribution in [0.1, 0.15) is 18.5 Å². The number of benzene rings is 1. The molecule has 0 aliphatic heterocycles. The quantitative estimate of drug-likeness (QED) is 0.384. The lowest BCUT2D eigenvalue weighted by Crippen LogP contribution is -2.12. The summed E-state index contributed by atoms with van der Waals surface area (Å²) in [7, 11) is 0. The fourth-order valence-corrected chi connectivity index (χ4v) is 2.83. The molecule has 0 spiro atoms. The highest BCUT2D eigenvalue weighted by Gasteiger charge is 2.14. The van der Waals surface area contributed by atoms with Gasteiger partial charge in [-0.25, -0.2) is 8.78 Å². The van der Waals surface area contributed by atoms with Crippen molar-refractivity contribution in [3.05, 3.63) is 65.9 Å². The van der Waals surface area contributed by atoms with Crippen LogP contribution < -0.4 is 16.4 Å². The molecule has 8 nitrogen and oxygen atoms in total. The predicted octanol–water partition coefficient (Wildman–Crippen LogP) is 4.24. The van der Waals surface area contributed by atoms with Crippen LogP contribution in [0.25, 0.3) is 11.5 Å². The molecule has 0 amide bonds. The van der Waals surface area contributed by atoms with Crippen molar-refractivity contribution < 1.29 is 13.2 Å². The average molecular weight is 397 g/mol. The van der Waals surface area contributed by atoms with Gasteiger partial charge in [0.2, 0.25) is 5.95 Å². The Bertz CT molecular complexity index is 1130. The maximum Gasteiger partial charge on any atom is 0.223 e. The molecule has 10 heteroatoms. The number of hydrogen-bond acceptors (Lipinski definition) is 7. The standard InChI is InChI=1S/C19H17F2N7O/c1-10(12-5-4-11(20)7-13(12)21)23-16-9-17(26-19(22)25-16)24-18-8-14(27-28-18)15-3-2-6-29-15/h2-10H,1H3,(H5,22,23,24,25,26,27,28). The number of halogens is 2. The third kappa shape index (κ3) is 4.15. The molecule has 148 valence electrons. The van der Waals surface area contributed by atoms with Gasteiger partial charge in [0.25, 0.3) is 0 Å². The molecule has 0 fully saturated rings. The number of furan rings is 1. The summed E-state index contributed by atoms with van der Waals surface area (Å²) in [5.74, 6) is 0.646. The zero-order chi connectivity index (χ0) is 20.4. The van der Waals surface area contributed by atoms with E-state index in [1.165, 1.54) is 12.1 Å². The van der Waals surface area contributed by atoms with Crippen molar-refractivity contribution in [3.63, 3.8) is 0 Å². The summed E-state index contributed by atoms with van der Waals surface area (Å²) < 4.78 is 32.4. The first-order chi connectivity index (χ1) is 14.0. The molecule has 29 heavy (non-hydrogen) atoms. The third-order valence-electron chi connectivity index (χ3n) is 4.16. The van der Waals surface area contributed by atoms with E-state index in [1.807, 2.05) is 0 Å². The molecule has 0 saturated carbocycles. The Labute approximate surface area is 164 Å². The summed E-state index contributed by atoms with van der Waals surface area (Å²) in [5.41, 5.74) is 6.78. The van der Waals surface area contributed by atoms with Gasteiger partial charge in [0.05, 0.1) is 12.3 Å². The van der Waals surface area contributed by atoms with Crippen LogP contribution in [0.5, 0.6) is 0 Å². The zero-order valence-corrected chi connectivity index (χ0v) is 15.3. The second-order valence-corrected chi connectivity index (χ2v) is 6.30. The highest BCUT2D eigenvalue weighted by Crippen LogP contribution is 2.25. The smallest absolute Gasteiger partial charge is 0.223 e. The lowest BCUT2D eigenvalue weighted by molar-refractivity contribution is 0.566. The molecule has 0 bridgehead atoms. The lowest BCUT2D eigenvalue weighted by Gasteiger charge is -2.16. The van der Waals surface area contributed by atoms with Gasteiger partial charge in [0.15, 0.2) is 11.6 Å². The summed E-state index contributed by atoms with van der Waals surface area (Å²) in [6, 6.07) is 9.88. The van der Waals surface area contributed by atoms with Crippen LogP contribution in [0.15, 0.2) is 53.1 Å². The Kier molecular flexibility index (Phi) is 4.82. The Morgan fingerprint density at radius 2 is 1.90 bits per heavy atom. The molecule has 0 aliphatic rings. The Hall–Kier alpha value is -3.95. The van der Waals surface area contributed by atoms with E-state index in [1.54, 1.807) is 37.5 Å². The summed E-state index contributed by atoms with van der Waals surface area (Å²) in [4.78, 5) is 8.23. The molecule has 1 unspecified atom stereocenters. The van der Waals surface area contributed by atoms with Crippen LogP contribution in [0, 0.1) is 11.6 Å². The minimum absolute atomic E-state index is 0.0195. The second-order valence-electron chi connectivity index (χ2n) is 6.30. The van der Waals surface area contributed by atoms with Crippen molar-refractivity contribution in [2.24, 2.45) is 0 Å². The fraction of sp³-hybridized carbons (Fsp3) is 0.105. The third-order valence-corrected chi connectivity index (χ3v) is 4.16. The van der Waals surface area contributed by atoms with Gasteiger partial charge in [-0.15, -0.1) is 0 Å². The van der Waals surface area contributed by atoms with Gasteiger partial charge in [0.1, 0.15) is 29.0 Å². The van der Waals surface area contributed by atoms with E-state index in [-0.39, 0.29) is 5.95 Å². The van der Waals surface area contributed by atoms with Crippen molar-refractivity contribution in [1.29, 1.82) is 0 Å². The molecule has 0 radical (unpaired) electrons. The van der Waals surface area contributed by atoms with Crippen LogP contribution in [0.4, 0.5) is 32.2 Å². The second kappa shape index (κ2) is 7.58. The van der Waals surface area contributed by atoms with Crippen molar-refractivity contribution in [2.45, 2.75) is 13.0 Å². The van der Waals surface area contributed by atoms with Crippen molar-refractivity contribution in [2.75, 3.05) is 16.4 Å². The molecule has 1 atom stereocenters. The highest BCUT2D eigenvalue weighted by molar-refractivity contribution is 5.63. The highest BCUT2D eigenvalue weighted by atomic mass is 19.1. The van der Waals surface area contributed by atoms with E-state index in [0.29, 0.717) is 34.5 Å². The first-order valence-corrected chi connectivity index (χ1v) is 8.70. The van der Waals surface area contributed by atoms with Gasteiger partial charge < -0.3 is 20.8 Å². The van der Waals surface area contributed by atoms with Crippen LogP contribution in [-0.4, -0.2) is 20.2 Å². The number of nitrogens with two attached hydrogens (primary N) is 1. The molecular weight excluding hydrogens is 380 g/mol. The van der Waals surface area contributed by atoms with Crippen LogP contribution in [0.3, 0.4) is 0 Å². The maximum absolute atomic E-state index is 14.0. The SMILES string of the molecule is CC(Nc1cc(Nc2cc(-c3ccco3)[nH]n2)nc(N)n1)c1ccc(F)cc1F. The monoisotopic (exact) mass is 397 g/mol. The average Bonchev–Trinajstić information content (AvgIpc) is 3.32. The predicted molar refractivity (Wildman–Crippen MR) is 104 cm³/mol. The summed E-state index contributed by atoms with van der Waals surface area (Å²) >= 11 is 0. The summed E-state index contributed by atoms with van der Waals surface area (Å²) in [6.45, 7) is 1.73. The molecule has 4 aromatic rings. The molecule has 0 saturated heterocycles. The number of aromatic nitrogens is 4. The van der Waals surface area contributed by atoms with Gasteiger partial charge in [-0.2, -0.15) is 15.1 Å². The molecule has 4 rings (SSSR count). The van der Waals surface area contributed by atoms with Crippen LogP contribution >= 0.6 is 0 Å². The van der Waals surface area contributed by atoms with E-state index in [4.69, 9.17) is 10.2 Å². The van der Waals surface area contributed by atoms with Crippen molar-refractivity contribution in [1.82, 2.24) is 20.2 Å². The minimum atomic E-state index is -0.646. The number of aromatic amines is 1. The fourth-order valence-electron chi connectivity index (χ4n) is 2.83. The van der Waals surface area contributed by atoms with Crippen LogP contribution in [-0.2, 0) is 0 Å². The topological polar surface area (TPSA) is 118 Å². The summed E-state index contributed by atoms with van der Waals surface area (Å²) in [6.07, 6.45) is 1.57. The zero-order valence-electron chi connectivity index (χ0n) is 15.3. The molecule has 5 N–H and O–H groups in total. The van der Waals surface area contributed by atoms with Gasteiger partial charge in [-0.05, 0) is 25.1 Å². The van der Waals surface area contributed by atoms with Crippen molar-refractivity contribution in [3.8, 4) is 11.5 Å². The first kappa shape index (κ1) is 18.4. The minimum Gasteiger partial charge on any atom is -0.463 e. The number of rotatable bonds is 6. The Morgan fingerprint density at radius 1 is 1.07 bits per heavy atom. The maximum atomic E-state index is 14.0. The van der Waals surface area contributed by atoms with Gasteiger partial charge in [-0.3, -0.25) is 5.10 Å². The van der Waals surface area contributed by atoms with E-state index >= 15 is 0 Å². The normalized spacial score (nSPS) is 12.0. The van der Waals surface area contributed by atoms with E-state index < -0.39 is 17.7 Å². The number of H-pyrrole nitrogens is 1. The van der Waals surface area contributed by atoms with Crippen LogP contribution in [0.2, 0.25) is 0 Å². The van der Waals surface area contributed by atoms with E-state index in [2.05, 4.69) is 30.8 Å². The summed E-state index contributed by atoms with van der Waals surface area (Å²) in [5, 5.41) is 13.1. The largest absolute Gasteiger partial charge is 0.463 e. The number of nitrogen functional groups attached to an aromatic ring is 1. The van der Waals surface area contributed by atoms with Gasteiger partial charge in [0, 0.05) is 23.8 Å². The number of anilines is 4. The molecular formula is C19H17F2N7O. The van der Waals surface area contributed by atoms with Gasteiger partial charge >= 0.3 is 0 Å². The van der Waals surface area contributed by atoms with E-state index in [0.717, 1.165) is 6.07 Å². The molecule has 3 aromatic heterocycles. The van der Waals surface area contributed by atoms with Gasteiger partial charge in [-0.1, -0.05) is 6.07 Å².